The smallest absolute Gasteiger partial charge is 0.328 e. The van der Waals surface area contributed by atoms with Crippen molar-refractivity contribution in [2.75, 3.05) is 7.11 Å². The number of imide groups is 1. The Kier molecular flexibility index (Phi) is 5.64. The summed E-state index contributed by atoms with van der Waals surface area (Å²) in [4.78, 5) is 37.2. The normalized spacial score (nSPS) is 16.9. The molecule has 1 aliphatic rings. The molecule has 140 valence electrons. The van der Waals surface area contributed by atoms with Crippen molar-refractivity contribution in [3.63, 3.8) is 0 Å². The lowest BCUT2D eigenvalue weighted by Crippen LogP contribution is -2.42. The second-order valence-corrected chi connectivity index (χ2v) is 7.39. The van der Waals surface area contributed by atoms with Gasteiger partial charge in [-0.05, 0) is 49.0 Å². The molecule has 0 saturated carbocycles. The first kappa shape index (κ1) is 19.5. The predicted molar refractivity (Wildman–Crippen MR) is 103 cm³/mol. The molecule has 9 heteroatoms. The molecule has 3 rings (SSSR count). The van der Waals surface area contributed by atoms with Crippen LogP contribution in [-0.2, 0) is 14.3 Å². The van der Waals surface area contributed by atoms with Crippen LogP contribution in [0.1, 0.15) is 12.7 Å². The van der Waals surface area contributed by atoms with Crippen molar-refractivity contribution in [2.24, 2.45) is 0 Å². The highest BCUT2D eigenvalue weighted by Crippen LogP contribution is 2.35. The van der Waals surface area contributed by atoms with Gasteiger partial charge in [0, 0.05) is 11.6 Å². The van der Waals surface area contributed by atoms with Crippen LogP contribution in [0.4, 0.5) is 4.79 Å². The molecule has 1 aromatic heterocycles. The zero-order chi connectivity index (χ0) is 19.7. The Labute approximate surface area is 169 Å². The fraction of sp³-hybridized carbons (Fsp3) is 0.167. The molecule has 1 atom stereocenters. The van der Waals surface area contributed by atoms with Gasteiger partial charge in [-0.2, -0.15) is 0 Å². The van der Waals surface area contributed by atoms with Crippen molar-refractivity contribution < 1.29 is 23.5 Å². The Morgan fingerprint density at radius 1 is 1.22 bits per heavy atom. The third-order valence-electron chi connectivity index (χ3n) is 3.86. The van der Waals surface area contributed by atoms with E-state index < -0.39 is 23.2 Å². The van der Waals surface area contributed by atoms with E-state index >= 15 is 0 Å². The molecular formula is C18H13Cl2NO5S. The van der Waals surface area contributed by atoms with Gasteiger partial charge in [0.1, 0.15) is 17.6 Å². The molecule has 0 N–H and O–H groups in total. The average Bonchev–Trinajstić information content (AvgIpc) is 3.21. The van der Waals surface area contributed by atoms with Crippen LogP contribution >= 0.6 is 35.0 Å². The van der Waals surface area contributed by atoms with Crippen molar-refractivity contribution in [1.29, 1.82) is 0 Å². The number of halogens is 2. The Hall–Kier alpha value is -2.22. The topological polar surface area (TPSA) is 76.8 Å². The quantitative estimate of drug-likeness (QED) is 0.514. The molecule has 0 bridgehead atoms. The Bertz CT molecular complexity index is 968. The minimum Gasteiger partial charge on any atom is -0.467 e. The maximum absolute atomic E-state index is 12.5. The van der Waals surface area contributed by atoms with Crippen LogP contribution < -0.4 is 0 Å². The lowest BCUT2D eigenvalue weighted by atomic mass is 10.2. The van der Waals surface area contributed by atoms with Gasteiger partial charge in [0.2, 0.25) is 0 Å². The predicted octanol–water partition coefficient (Wildman–Crippen LogP) is 4.85. The number of benzene rings is 1. The zero-order valence-corrected chi connectivity index (χ0v) is 16.5. The van der Waals surface area contributed by atoms with E-state index in [1.54, 1.807) is 30.3 Å². The van der Waals surface area contributed by atoms with Gasteiger partial charge < -0.3 is 9.15 Å². The molecule has 1 aromatic carbocycles. The average molecular weight is 426 g/mol. The number of hydrogen-bond donors (Lipinski definition) is 0. The first-order valence-electron chi connectivity index (χ1n) is 7.72. The molecule has 1 fully saturated rings. The summed E-state index contributed by atoms with van der Waals surface area (Å²) in [5.41, 5.74) is 0.719. The number of carbonyl (C=O) groups is 3. The summed E-state index contributed by atoms with van der Waals surface area (Å²) in [5.74, 6) is -0.330. The number of nitrogens with zero attached hydrogens (tertiary/aromatic N) is 1. The van der Waals surface area contributed by atoms with Gasteiger partial charge in [0.05, 0.1) is 22.1 Å². The number of rotatable bonds is 4. The largest absolute Gasteiger partial charge is 0.467 e. The lowest BCUT2D eigenvalue weighted by Gasteiger charge is -2.18. The maximum atomic E-state index is 12.5. The summed E-state index contributed by atoms with van der Waals surface area (Å²) in [6.45, 7) is 1.43. The number of thioether (sulfide) groups is 1. The first-order valence-corrected chi connectivity index (χ1v) is 9.29. The highest BCUT2D eigenvalue weighted by molar-refractivity contribution is 8.18. The van der Waals surface area contributed by atoms with Gasteiger partial charge in [-0.15, -0.1) is 0 Å². The van der Waals surface area contributed by atoms with E-state index in [0.717, 1.165) is 22.2 Å². The van der Waals surface area contributed by atoms with Gasteiger partial charge in [-0.3, -0.25) is 14.5 Å². The highest BCUT2D eigenvalue weighted by Gasteiger charge is 2.41. The van der Waals surface area contributed by atoms with E-state index in [0.29, 0.717) is 21.6 Å². The number of ether oxygens (including phenoxy) is 1. The molecule has 0 aliphatic carbocycles. The third-order valence-corrected chi connectivity index (χ3v) is 5.48. The summed E-state index contributed by atoms with van der Waals surface area (Å²) < 4.78 is 10.3. The van der Waals surface area contributed by atoms with Crippen LogP contribution in [-0.4, -0.2) is 35.2 Å². The first-order chi connectivity index (χ1) is 12.8. The van der Waals surface area contributed by atoms with E-state index in [9.17, 15) is 14.4 Å². The zero-order valence-electron chi connectivity index (χ0n) is 14.2. The van der Waals surface area contributed by atoms with Gasteiger partial charge >= 0.3 is 5.97 Å². The second-order valence-electron chi connectivity index (χ2n) is 5.58. The molecular weight excluding hydrogens is 413 g/mol. The number of amides is 2. The van der Waals surface area contributed by atoms with Gasteiger partial charge in [-0.1, -0.05) is 23.2 Å². The molecule has 0 spiro atoms. The van der Waals surface area contributed by atoms with Crippen molar-refractivity contribution in [1.82, 2.24) is 4.90 Å². The standard InChI is InChI=1S/C18H13Cl2NO5S/c1-9(17(23)25-2)21-16(22)15(27-18(21)24)8-11-4-6-14(26-11)10-3-5-12(19)13(20)7-10/h3-9H,1-2H3/b15-8-/t9-/m1/s1. The Balaban J connectivity index is 1.84. The van der Waals surface area contributed by atoms with E-state index in [2.05, 4.69) is 4.74 Å². The van der Waals surface area contributed by atoms with Crippen LogP contribution in [0.2, 0.25) is 10.0 Å². The molecule has 1 saturated heterocycles. The number of methoxy groups -OCH3 is 1. The summed E-state index contributed by atoms with van der Waals surface area (Å²) in [6, 6.07) is 7.45. The SMILES string of the molecule is COC(=O)[C@@H](C)N1C(=O)S/C(=C\c2ccc(-c3ccc(Cl)c(Cl)c3)o2)C1=O. The maximum Gasteiger partial charge on any atom is 0.328 e. The summed E-state index contributed by atoms with van der Waals surface area (Å²) >= 11 is 12.7. The molecule has 2 amide bonds. The molecule has 2 heterocycles. The number of carbonyl (C=O) groups excluding carboxylic acids is 3. The Morgan fingerprint density at radius 3 is 2.63 bits per heavy atom. The summed E-state index contributed by atoms with van der Waals surface area (Å²) in [7, 11) is 1.20. The van der Waals surface area contributed by atoms with E-state index in [-0.39, 0.29) is 4.91 Å². The number of furan rings is 1. The molecule has 0 unspecified atom stereocenters. The summed E-state index contributed by atoms with van der Waals surface area (Å²) in [5, 5.41) is 0.283. The van der Waals surface area contributed by atoms with Gasteiger partial charge in [0.15, 0.2) is 0 Å². The molecule has 27 heavy (non-hydrogen) atoms. The number of hydrogen-bond acceptors (Lipinski definition) is 6. The fourth-order valence-electron chi connectivity index (χ4n) is 2.45. The van der Waals surface area contributed by atoms with E-state index in [4.69, 9.17) is 27.6 Å². The van der Waals surface area contributed by atoms with Crippen molar-refractivity contribution in [3.8, 4) is 11.3 Å². The molecule has 2 aromatic rings. The van der Waals surface area contributed by atoms with Gasteiger partial charge in [-0.25, -0.2) is 4.79 Å². The highest BCUT2D eigenvalue weighted by atomic mass is 35.5. The van der Waals surface area contributed by atoms with Crippen molar-refractivity contribution >= 4 is 58.2 Å². The fourth-order valence-corrected chi connectivity index (χ4v) is 3.64. The molecule has 1 aliphatic heterocycles. The minimum atomic E-state index is -1.00. The van der Waals surface area contributed by atoms with E-state index in [1.807, 2.05) is 0 Å². The second kappa shape index (κ2) is 7.80. The Morgan fingerprint density at radius 2 is 1.96 bits per heavy atom. The van der Waals surface area contributed by atoms with Crippen LogP contribution in [0.5, 0.6) is 0 Å². The molecule has 0 radical (unpaired) electrons. The van der Waals surface area contributed by atoms with Crippen LogP contribution in [0.3, 0.4) is 0 Å². The summed E-state index contributed by atoms with van der Waals surface area (Å²) in [6.07, 6.45) is 1.45. The van der Waals surface area contributed by atoms with Crippen LogP contribution in [0.25, 0.3) is 17.4 Å². The lowest BCUT2D eigenvalue weighted by molar-refractivity contribution is -0.148. The van der Waals surface area contributed by atoms with E-state index in [1.165, 1.54) is 20.1 Å². The monoisotopic (exact) mass is 425 g/mol. The van der Waals surface area contributed by atoms with Crippen molar-refractivity contribution in [3.05, 3.63) is 51.0 Å². The van der Waals surface area contributed by atoms with Crippen LogP contribution in [0, 0.1) is 0 Å². The van der Waals surface area contributed by atoms with Crippen LogP contribution in [0.15, 0.2) is 39.7 Å². The van der Waals surface area contributed by atoms with Gasteiger partial charge in [0.25, 0.3) is 11.1 Å². The third kappa shape index (κ3) is 3.90. The molecule has 6 nitrogen and oxygen atoms in total. The number of esters is 1. The van der Waals surface area contributed by atoms with Crippen molar-refractivity contribution in [2.45, 2.75) is 13.0 Å². The minimum absolute atomic E-state index is 0.158.